The molecule has 4 rings (SSSR count). The van der Waals surface area contributed by atoms with Crippen molar-refractivity contribution in [1.82, 2.24) is 9.55 Å². The smallest absolute Gasteiger partial charge is 0.341 e. The van der Waals surface area contributed by atoms with E-state index in [9.17, 15) is 19.5 Å². The van der Waals surface area contributed by atoms with Gasteiger partial charge in [-0.3, -0.25) is 14.7 Å². The normalized spacial score (nSPS) is 10.8. The minimum Gasteiger partial charge on any atom is -0.477 e. The quantitative estimate of drug-likeness (QED) is 0.572. The number of rotatable bonds is 2. The Bertz CT molecular complexity index is 1280. The highest BCUT2D eigenvalue weighted by Crippen LogP contribution is 2.17. The summed E-state index contributed by atoms with van der Waals surface area (Å²) in [6.45, 7) is 0. The van der Waals surface area contributed by atoms with Crippen LogP contribution < -0.4 is 10.7 Å². The van der Waals surface area contributed by atoms with Crippen molar-refractivity contribution in [3.8, 4) is 0 Å². The van der Waals surface area contributed by atoms with Gasteiger partial charge in [-0.25, -0.2) is 14.6 Å². The molecule has 2 heterocycles. The molecular weight excluding hydrogens is 346 g/mol. The topological polar surface area (TPSA) is 101 Å². The lowest BCUT2D eigenvalue weighted by Gasteiger charge is -2.12. The van der Waals surface area contributed by atoms with Crippen LogP contribution in [0.25, 0.3) is 21.7 Å². The Morgan fingerprint density at radius 1 is 1.00 bits per heavy atom. The number of para-hydroxylation sites is 1. The summed E-state index contributed by atoms with van der Waals surface area (Å²) in [5.41, 5.74) is -0.799. The number of amides is 1. The summed E-state index contributed by atoms with van der Waals surface area (Å²) in [5, 5.41) is 13.9. The van der Waals surface area contributed by atoms with Crippen molar-refractivity contribution in [2.75, 3.05) is 5.32 Å². The van der Waals surface area contributed by atoms with Crippen LogP contribution in [0, 0.1) is 0 Å². The fourth-order valence-corrected chi connectivity index (χ4v) is 2.92. The fourth-order valence-electron chi connectivity index (χ4n) is 2.92. The lowest BCUT2D eigenvalue weighted by atomic mass is 10.1. The Hall–Kier alpha value is -4.00. The molecule has 0 bridgehead atoms. The molecule has 0 atom stereocenters. The van der Waals surface area contributed by atoms with E-state index in [0.29, 0.717) is 11.3 Å². The molecule has 27 heavy (non-hydrogen) atoms. The maximum atomic E-state index is 12.8. The van der Waals surface area contributed by atoms with Crippen LogP contribution in [0.3, 0.4) is 0 Å². The number of carboxylic acids is 1. The summed E-state index contributed by atoms with van der Waals surface area (Å²) in [5.74, 6) is -1.07. The number of hydrogen-bond acceptors (Lipinski definition) is 4. The molecule has 0 aliphatic rings. The van der Waals surface area contributed by atoms with Crippen molar-refractivity contribution in [2.24, 2.45) is 0 Å². The second kappa shape index (κ2) is 6.38. The molecule has 0 unspecified atom stereocenters. The number of carbonyl (C=O) groups is 2. The summed E-state index contributed by atoms with van der Waals surface area (Å²) in [7, 11) is 0. The monoisotopic (exact) mass is 359 g/mol. The Balaban J connectivity index is 1.81. The number of anilines is 1. The molecule has 0 aliphatic carbocycles. The van der Waals surface area contributed by atoms with Crippen LogP contribution in [0.2, 0.25) is 0 Å². The number of fused-ring (bicyclic) bond motifs is 2. The van der Waals surface area contributed by atoms with Gasteiger partial charge in [-0.15, -0.1) is 0 Å². The van der Waals surface area contributed by atoms with Crippen LogP contribution >= 0.6 is 0 Å². The van der Waals surface area contributed by atoms with E-state index in [-0.39, 0.29) is 5.39 Å². The summed E-state index contributed by atoms with van der Waals surface area (Å²) < 4.78 is 1.11. The summed E-state index contributed by atoms with van der Waals surface area (Å²) in [6.07, 6.45) is 2.67. The lowest BCUT2D eigenvalue weighted by molar-refractivity contribution is 0.0695. The van der Waals surface area contributed by atoms with Gasteiger partial charge in [0.05, 0.1) is 5.52 Å². The molecule has 2 aromatic heterocycles. The number of carbonyl (C=O) groups excluding carboxylic acids is 1. The van der Waals surface area contributed by atoms with Crippen molar-refractivity contribution in [2.45, 2.75) is 0 Å². The van der Waals surface area contributed by atoms with E-state index in [2.05, 4.69) is 10.3 Å². The molecule has 2 N–H and O–H groups in total. The van der Waals surface area contributed by atoms with Gasteiger partial charge in [0.1, 0.15) is 11.4 Å². The first-order valence-corrected chi connectivity index (χ1v) is 8.08. The van der Waals surface area contributed by atoms with Crippen LogP contribution in [0.5, 0.6) is 0 Å². The van der Waals surface area contributed by atoms with Gasteiger partial charge in [-0.2, -0.15) is 0 Å². The molecule has 7 heteroatoms. The van der Waals surface area contributed by atoms with Crippen LogP contribution in [0.15, 0.2) is 71.8 Å². The van der Waals surface area contributed by atoms with E-state index >= 15 is 0 Å². The van der Waals surface area contributed by atoms with Gasteiger partial charge < -0.3 is 5.11 Å². The van der Waals surface area contributed by atoms with Crippen molar-refractivity contribution in [3.05, 3.63) is 82.8 Å². The number of aromatic carboxylic acids is 1. The summed E-state index contributed by atoms with van der Waals surface area (Å²) in [6, 6.07) is 15.0. The molecule has 1 amide bonds. The van der Waals surface area contributed by atoms with E-state index in [0.717, 1.165) is 21.5 Å². The minimum absolute atomic E-state index is 0.152. The van der Waals surface area contributed by atoms with E-state index in [1.807, 2.05) is 24.3 Å². The molecule has 4 aromatic rings. The molecule has 0 fully saturated rings. The van der Waals surface area contributed by atoms with E-state index in [1.165, 1.54) is 6.07 Å². The number of aromatic nitrogens is 2. The average molecular weight is 359 g/mol. The van der Waals surface area contributed by atoms with E-state index < -0.39 is 23.0 Å². The SMILES string of the molecule is O=C(O)c1cn(C(=O)Nc2cc3ccccc3cn2)c2ccccc2c1=O. The molecule has 0 radical (unpaired) electrons. The maximum absolute atomic E-state index is 12.8. The first-order valence-electron chi connectivity index (χ1n) is 8.08. The number of hydrogen-bond donors (Lipinski definition) is 2. The largest absolute Gasteiger partial charge is 0.477 e. The lowest BCUT2D eigenvalue weighted by Crippen LogP contribution is -2.26. The van der Waals surface area contributed by atoms with E-state index in [1.54, 1.807) is 30.5 Å². The Morgan fingerprint density at radius 3 is 2.48 bits per heavy atom. The van der Waals surface area contributed by atoms with Crippen molar-refractivity contribution < 1.29 is 14.7 Å². The summed E-state index contributed by atoms with van der Waals surface area (Å²) in [4.78, 5) is 40.7. The van der Waals surface area contributed by atoms with Gasteiger partial charge in [0.25, 0.3) is 0 Å². The predicted octanol–water partition coefficient (Wildman–Crippen LogP) is 3.33. The van der Waals surface area contributed by atoms with Gasteiger partial charge in [0, 0.05) is 23.2 Å². The number of benzene rings is 2. The minimum atomic E-state index is -1.39. The van der Waals surface area contributed by atoms with Crippen LogP contribution in [-0.4, -0.2) is 26.7 Å². The van der Waals surface area contributed by atoms with Gasteiger partial charge in [0.15, 0.2) is 0 Å². The van der Waals surface area contributed by atoms with Crippen molar-refractivity contribution in [1.29, 1.82) is 0 Å². The standard InChI is InChI=1S/C20H13N3O4/c24-18-14-7-3-4-8-16(14)23(11-15(18)19(25)26)20(27)22-17-9-12-5-1-2-6-13(12)10-21-17/h1-11H,(H,25,26)(H,21,22,27). The van der Waals surface area contributed by atoms with Crippen molar-refractivity contribution in [3.63, 3.8) is 0 Å². The van der Waals surface area contributed by atoms with Gasteiger partial charge in [-0.1, -0.05) is 36.4 Å². The summed E-state index contributed by atoms with van der Waals surface area (Å²) >= 11 is 0. The fraction of sp³-hybridized carbons (Fsp3) is 0. The van der Waals surface area contributed by atoms with Crippen LogP contribution in [-0.2, 0) is 0 Å². The zero-order valence-electron chi connectivity index (χ0n) is 13.9. The Labute approximate surface area is 152 Å². The highest BCUT2D eigenvalue weighted by Gasteiger charge is 2.17. The average Bonchev–Trinajstić information content (AvgIpc) is 2.68. The van der Waals surface area contributed by atoms with Crippen LogP contribution in [0.1, 0.15) is 10.4 Å². The predicted molar refractivity (Wildman–Crippen MR) is 101 cm³/mol. The number of nitrogens with zero attached hydrogens (tertiary/aromatic N) is 2. The second-order valence-electron chi connectivity index (χ2n) is 5.91. The molecule has 0 spiro atoms. The molecule has 0 aliphatic heterocycles. The first-order chi connectivity index (χ1) is 13.0. The maximum Gasteiger partial charge on any atom is 0.341 e. The third kappa shape index (κ3) is 2.91. The molecule has 132 valence electrons. The number of nitrogens with one attached hydrogen (secondary N) is 1. The highest BCUT2D eigenvalue weighted by molar-refractivity contribution is 6.01. The zero-order valence-corrected chi connectivity index (χ0v) is 13.9. The first kappa shape index (κ1) is 16.5. The van der Waals surface area contributed by atoms with Crippen molar-refractivity contribution >= 4 is 39.5 Å². The van der Waals surface area contributed by atoms with Crippen LogP contribution in [0.4, 0.5) is 10.6 Å². The second-order valence-corrected chi connectivity index (χ2v) is 5.91. The molecule has 7 nitrogen and oxygen atoms in total. The highest BCUT2D eigenvalue weighted by atomic mass is 16.4. The van der Waals surface area contributed by atoms with Gasteiger partial charge in [-0.05, 0) is 23.6 Å². The molecule has 0 saturated heterocycles. The van der Waals surface area contributed by atoms with Gasteiger partial charge in [0.2, 0.25) is 5.43 Å². The Kier molecular flexibility index (Phi) is 3.89. The molecular formula is C20H13N3O4. The Morgan fingerprint density at radius 2 is 1.70 bits per heavy atom. The van der Waals surface area contributed by atoms with E-state index in [4.69, 9.17) is 0 Å². The zero-order chi connectivity index (χ0) is 19.0. The molecule has 2 aromatic carbocycles. The number of carboxylic acid groups (broad SMARTS) is 1. The molecule has 0 saturated carbocycles. The third-order valence-corrected chi connectivity index (χ3v) is 4.23. The van der Waals surface area contributed by atoms with Gasteiger partial charge >= 0.3 is 12.0 Å². The third-order valence-electron chi connectivity index (χ3n) is 4.23. The number of pyridine rings is 2.